The van der Waals surface area contributed by atoms with E-state index in [4.69, 9.17) is 14.3 Å². The number of hydrogen-bond donors (Lipinski definition) is 1. The van der Waals surface area contributed by atoms with Crippen molar-refractivity contribution in [1.82, 2.24) is 0 Å². The maximum Gasteiger partial charge on any atom is 0.339 e. The van der Waals surface area contributed by atoms with E-state index < -0.39 is 35.8 Å². The molecule has 0 saturated carbocycles. The highest BCUT2D eigenvalue weighted by Gasteiger charge is 2.61. The van der Waals surface area contributed by atoms with Crippen molar-refractivity contribution in [1.29, 1.82) is 0 Å². The first-order valence-electron chi connectivity index (χ1n) is 11.0. The number of fused-ring (bicyclic) bond motifs is 1. The number of para-hydroxylation sites is 1. The topological polar surface area (TPSA) is 106 Å². The molecular formula is C26H21BrN2O7. The van der Waals surface area contributed by atoms with Crippen molar-refractivity contribution in [3.8, 4) is 11.5 Å². The highest BCUT2D eigenvalue weighted by atomic mass is 79.9. The zero-order valence-electron chi connectivity index (χ0n) is 19.3. The van der Waals surface area contributed by atoms with Gasteiger partial charge in [0, 0.05) is 4.47 Å². The highest BCUT2D eigenvalue weighted by molar-refractivity contribution is 9.10. The number of carboxylic acid groups (broad SMARTS) is 1. The van der Waals surface area contributed by atoms with Gasteiger partial charge in [0.25, 0.3) is 5.91 Å². The normalized spacial score (nSPS) is 21.0. The molecule has 0 radical (unpaired) electrons. The number of methoxy groups -OCH3 is 2. The molecule has 10 heteroatoms. The molecule has 3 atom stereocenters. The van der Waals surface area contributed by atoms with Gasteiger partial charge in [0.2, 0.25) is 5.91 Å². The Bertz CT molecular complexity index is 1350. The van der Waals surface area contributed by atoms with Gasteiger partial charge < -0.3 is 14.6 Å². The van der Waals surface area contributed by atoms with Crippen molar-refractivity contribution < 1.29 is 33.8 Å². The fourth-order valence-corrected chi connectivity index (χ4v) is 5.05. The van der Waals surface area contributed by atoms with Gasteiger partial charge in [-0.1, -0.05) is 40.2 Å². The third kappa shape index (κ3) is 3.69. The van der Waals surface area contributed by atoms with Crippen LogP contribution >= 0.6 is 15.9 Å². The average molecular weight is 553 g/mol. The smallest absolute Gasteiger partial charge is 0.339 e. The lowest BCUT2D eigenvalue weighted by molar-refractivity contribution is -0.126. The van der Waals surface area contributed by atoms with Crippen molar-refractivity contribution in [3.05, 3.63) is 82.3 Å². The molecule has 2 saturated heterocycles. The molecule has 2 heterocycles. The fourth-order valence-electron chi connectivity index (χ4n) is 4.78. The summed E-state index contributed by atoms with van der Waals surface area (Å²) in [7, 11) is 2.75. The van der Waals surface area contributed by atoms with E-state index in [2.05, 4.69) is 15.9 Å². The van der Waals surface area contributed by atoms with Gasteiger partial charge in [-0.15, -0.1) is 0 Å². The molecule has 2 fully saturated rings. The summed E-state index contributed by atoms with van der Waals surface area (Å²) in [5.41, 5.74) is 1.06. The van der Waals surface area contributed by atoms with Crippen LogP contribution in [0.2, 0.25) is 0 Å². The number of rotatable bonds is 6. The minimum Gasteiger partial charge on any atom is -0.493 e. The van der Waals surface area contributed by atoms with Crippen molar-refractivity contribution in [2.24, 2.45) is 5.92 Å². The van der Waals surface area contributed by atoms with Gasteiger partial charge in [-0.2, -0.15) is 0 Å². The van der Waals surface area contributed by atoms with Crippen molar-refractivity contribution in [2.45, 2.75) is 12.1 Å². The monoisotopic (exact) mass is 552 g/mol. The quantitative estimate of drug-likeness (QED) is 0.453. The summed E-state index contributed by atoms with van der Waals surface area (Å²) < 4.78 is 11.5. The van der Waals surface area contributed by atoms with E-state index >= 15 is 0 Å². The molecular weight excluding hydrogens is 532 g/mol. The number of anilines is 2. The van der Waals surface area contributed by atoms with Crippen LogP contribution in [0.3, 0.4) is 0 Å². The summed E-state index contributed by atoms with van der Waals surface area (Å²) >= 11 is 3.36. The van der Waals surface area contributed by atoms with Gasteiger partial charge in [-0.3, -0.25) is 14.4 Å². The molecule has 0 aromatic heterocycles. The van der Waals surface area contributed by atoms with Gasteiger partial charge in [0.05, 0.1) is 31.6 Å². The summed E-state index contributed by atoms with van der Waals surface area (Å²) in [5, 5.41) is 11.6. The second-order valence-corrected chi connectivity index (χ2v) is 9.13. The SMILES string of the molecule is COc1ccc([C@H]2[C@H]3C(=O)N(c4ccc(Br)cc4)C(=O)[C@H]3ON2c2ccccc2)c(C(=O)O)c1OC. The Labute approximate surface area is 214 Å². The summed E-state index contributed by atoms with van der Waals surface area (Å²) in [6, 6.07) is 17.9. The predicted octanol–water partition coefficient (Wildman–Crippen LogP) is 4.22. The molecule has 0 unspecified atom stereocenters. The zero-order chi connectivity index (χ0) is 25.6. The molecule has 1 N–H and O–H groups in total. The van der Waals surface area contributed by atoms with E-state index in [9.17, 15) is 19.5 Å². The van der Waals surface area contributed by atoms with Crippen LogP contribution in [-0.2, 0) is 14.4 Å². The van der Waals surface area contributed by atoms with Crippen LogP contribution in [0.5, 0.6) is 11.5 Å². The number of carbonyl (C=O) groups is 3. The third-order valence-electron chi connectivity index (χ3n) is 6.32. The number of carbonyl (C=O) groups excluding carboxylic acids is 2. The summed E-state index contributed by atoms with van der Waals surface area (Å²) in [4.78, 5) is 46.9. The summed E-state index contributed by atoms with van der Waals surface area (Å²) in [6.45, 7) is 0. The largest absolute Gasteiger partial charge is 0.493 e. The maximum atomic E-state index is 13.8. The average Bonchev–Trinajstić information content (AvgIpc) is 3.39. The Balaban J connectivity index is 1.68. The number of nitrogens with zero attached hydrogens (tertiary/aromatic N) is 2. The summed E-state index contributed by atoms with van der Waals surface area (Å²) in [6.07, 6.45) is -1.14. The highest BCUT2D eigenvalue weighted by Crippen LogP contribution is 2.50. The molecule has 2 aliphatic heterocycles. The third-order valence-corrected chi connectivity index (χ3v) is 6.85. The number of aromatic carboxylic acids is 1. The van der Waals surface area contributed by atoms with Crippen molar-refractivity contribution in [2.75, 3.05) is 24.2 Å². The number of halogens is 1. The Morgan fingerprint density at radius 2 is 1.61 bits per heavy atom. The van der Waals surface area contributed by atoms with E-state index in [0.29, 0.717) is 11.4 Å². The number of hydroxylamine groups is 1. The van der Waals surface area contributed by atoms with Crippen molar-refractivity contribution in [3.63, 3.8) is 0 Å². The van der Waals surface area contributed by atoms with Gasteiger partial charge in [0.15, 0.2) is 17.6 Å². The van der Waals surface area contributed by atoms with Crippen molar-refractivity contribution >= 4 is 45.1 Å². The number of benzene rings is 3. The second-order valence-electron chi connectivity index (χ2n) is 8.22. The summed E-state index contributed by atoms with van der Waals surface area (Å²) in [5.74, 6) is -3.03. The second kappa shape index (κ2) is 9.29. The fraction of sp³-hybridized carbons (Fsp3) is 0.192. The number of amides is 2. The van der Waals surface area contributed by atoms with E-state index in [1.54, 1.807) is 60.7 Å². The van der Waals surface area contributed by atoms with E-state index in [1.165, 1.54) is 19.3 Å². The minimum atomic E-state index is -1.27. The molecule has 0 aliphatic carbocycles. The Morgan fingerprint density at radius 1 is 0.917 bits per heavy atom. The molecule has 3 aromatic rings. The van der Waals surface area contributed by atoms with Gasteiger partial charge in [-0.25, -0.2) is 14.8 Å². The number of ether oxygens (including phenoxy) is 2. The molecule has 5 rings (SSSR count). The van der Waals surface area contributed by atoms with Crippen LogP contribution in [-0.4, -0.2) is 43.2 Å². The zero-order valence-corrected chi connectivity index (χ0v) is 20.8. The van der Waals surface area contributed by atoms with E-state index in [0.717, 1.165) is 9.37 Å². The van der Waals surface area contributed by atoms with Crippen LogP contribution in [0.25, 0.3) is 0 Å². The number of imide groups is 1. The molecule has 0 bridgehead atoms. The molecule has 2 amide bonds. The molecule has 9 nitrogen and oxygen atoms in total. The van der Waals surface area contributed by atoms with E-state index in [1.807, 2.05) is 6.07 Å². The first-order valence-corrected chi connectivity index (χ1v) is 11.8. The first kappa shape index (κ1) is 23.8. The van der Waals surface area contributed by atoms with Crippen LogP contribution in [0, 0.1) is 5.92 Å². The molecule has 2 aliphatic rings. The Hall–Kier alpha value is -3.89. The molecule has 0 spiro atoms. The first-order chi connectivity index (χ1) is 17.4. The lowest BCUT2D eigenvalue weighted by Crippen LogP contribution is -2.37. The lowest BCUT2D eigenvalue weighted by Gasteiger charge is -2.30. The van der Waals surface area contributed by atoms with Crippen LogP contribution in [0.15, 0.2) is 71.2 Å². The standard InChI is InChI=1S/C26H21BrN2O7/c1-34-18-13-12-17(19(26(32)33)22(18)35-2)21-20-23(36-29(21)16-6-4-3-5-7-16)25(31)28(24(20)30)15-10-8-14(27)9-11-15/h3-13,20-21,23H,1-2H3,(H,32,33)/t20-,21+,23+/m1/s1. The number of carboxylic acids is 1. The van der Waals surface area contributed by atoms with E-state index in [-0.39, 0.29) is 22.6 Å². The Kier molecular flexibility index (Phi) is 6.15. The number of hydrogen-bond acceptors (Lipinski definition) is 7. The molecule has 36 heavy (non-hydrogen) atoms. The van der Waals surface area contributed by atoms with Gasteiger partial charge in [0.1, 0.15) is 11.5 Å². The molecule has 184 valence electrons. The van der Waals surface area contributed by atoms with Gasteiger partial charge >= 0.3 is 5.97 Å². The maximum absolute atomic E-state index is 13.8. The molecule has 3 aromatic carbocycles. The Morgan fingerprint density at radius 3 is 2.22 bits per heavy atom. The van der Waals surface area contributed by atoms with Crippen LogP contribution < -0.4 is 19.4 Å². The minimum absolute atomic E-state index is 0.0144. The van der Waals surface area contributed by atoms with Crippen LogP contribution in [0.4, 0.5) is 11.4 Å². The lowest BCUT2D eigenvalue weighted by atomic mass is 9.87. The predicted molar refractivity (Wildman–Crippen MR) is 133 cm³/mol. The van der Waals surface area contributed by atoms with Gasteiger partial charge in [-0.05, 0) is 48.0 Å². The van der Waals surface area contributed by atoms with Crippen LogP contribution in [0.1, 0.15) is 22.0 Å².